The molecule has 1 saturated carbocycles. The van der Waals surface area contributed by atoms with E-state index in [1.54, 1.807) is 0 Å². The van der Waals surface area contributed by atoms with Crippen LogP contribution in [0.2, 0.25) is 0 Å². The van der Waals surface area contributed by atoms with E-state index in [1.807, 2.05) is 0 Å². The van der Waals surface area contributed by atoms with Gasteiger partial charge in [0.25, 0.3) is 0 Å². The molecule has 0 N–H and O–H groups in total. The van der Waals surface area contributed by atoms with Gasteiger partial charge in [-0.2, -0.15) is 0 Å². The van der Waals surface area contributed by atoms with Crippen LogP contribution in [0.1, 0.15) is 39.5 Å². The first kappa shape index (κ1) is 7.83. The minimum Gasteiger partial charge on any atom is -0.0792 e. The van der Waals surface area contributed by atoms with Gasteiger partial charge in [-0.15, -0.1) is 0 Å². The third kappa shape index (κ3) is 2.44. The first-order valence-electron chi connectivity index (χ1n) is 3.79. The second kappa shape index (κ2) is 2.77. The molecule has 0 aromatic heterocycles. The maximum Gasteiger partial charge on any atom is 0.0196 e. The summed E-state index contributed by atoms with van der Waals surface area (Å²) in [5, 5.41) is 0. The molecule has 0 amide bonds. The fourth-order valence-corrected chi connectivity index (χ4v) is 2.88. The highest BCUT2D eigenvalue weighted by Gasteiger charge is 2.26. The zero-order valence-electron chi connectivity index (χ0n) is 6.28. The molecule has 0 bridgehead atoms. The van der Waals surface area contributed by atoms with Crippen LogP contribution in [-0.4, -0.2) is 3.42 Å². The van der Waals surface area contributed by atoms with Crippen LogP contribution in [0, 0.1) is 5.92 Å². The predicted octanol–water partition coefficient (Wildman–Crippen LogP) is 3.39. The van der Waals surface area contributed by atoms with Crippen molar-refractivity contribution in [3.8, 4) is 0 Å². The molecule has 2 atom stereocenters. The lowest BCUT2D eigenvalue weighted by Gasteiger charge is -2.31. The molecule has 0 aromatic rings. The normalized spacial score (nSPS) is 45.0. The molecule has 54 valence electrons. The third-order valence-corrected chi connectivity index (χ3v) is 3.15. The van der Waals surface area contributed by atoms with Crippen molar-refractivity contribution in [2.45, 2.75) is 43.0 Å². The standard InChI is InChI=1S/C8H15I/c1-7-4-3-5-8(2,9)6-7/h7H,3-6H2,1-2H3. The Balaban J connectivity index is 2.41. The van der Waals surface area contributed by atoms with Crippen LogP contribution in [0.4, 0.5) is 0 Å². The zero-order chi connectivity index (χ0) is 6.91. The van der Waals surface area contributed by atoms with Crippen LogP contribution in [0.15, 0.2) is 0 Å². The Labute approximate surface area is 71.5 Å². The molecule has 0 nitrogen and oxygen atoms in total. The summed E-state index contributed by atoms with van der Waals surface area (Å²) in [5.74, 6) is 0.973. The van der Waals surface area contributed by atoms with Gasteiger partial charge < -0.3 is 0 Å². The van der Waals surface area contributed by atoms with E-state index in [-0.39, 0.29) is 0 Å². The van der Waals surface area contributed by atoms with E-state index in [1.165, 1.54) is 25.7 Å². The number of halogens is 1. The van der Waals surface area contributed by atoms with Gasteiger partial charge in [0.15, 0.2) is 0 Å². The van der Waals surface area contributed by atoms with Crippen LogP contribution < -0.4 is 0 Å². The van der Waals surface area contributed by atoms with Crippen molar-refractivity contribution in [1.29, 1.82) is 0 Å². The number of hydrogen-bond donors (Lipinski definition) is 0. The van der Waals surface area contributed by atoms with Gasteiger partial charge >= 0.3 is 0 Å². The number of alkyl halides is 1. The van der Waals surface area contributed by atoms with Gasteiger partial charge in [-0.25, -0.2) is 0 Å². The van der Waals surface area contributed by atoms with Crippen molar-refractivity contribution in [1.82, 2.24) is 0 Å². The highest BCUT2D eigenvalue weighted by Crippen LogP contribution is 2.38. The van der Waals surface area contributed by atoms with E-state index in [4.69, 9.17) is 0 Å². The lowest BCUT2D eigenvalue weighted by Crippen LogP contribution is -2.23. The minimum absolute atomic E-state index is 0.620. The Morgan fingerprint density at radius 1 is 1.56 bits per heavy atom. The molecule has 1 aliphatic carbocycles. The molecular formula is C8H15I. The van der Waals surface area contributed by atoms with Gasteiger partial charge in [0.1, 0.15) is 0 Å². The van der Waals surface area contributed by atoms with Crippen molar-refractivity contribution in [3.05, 3.63) is 0 Å². The summed E-state index contributed by atoms with van der Waals surface area (Å²) < 4.78 is 0.620. The van der Waals surface area contributed by atoms with E-state index in [2.05, 4.69) is 36.4 Å². The van der Waals surface area contributed by atoms with E-state index >= 15 is 0 Å². The monoisotopic (exact) mass is 238 g/mol. The zero-order valence-corrected chi connectivity index (χ0v) is 8.44. The summed E-state index contributed by atoms with van der Waals surface area (Å²) in [6, 6.07) is 0. The lowest BCUT2D eigenvalue weighted by atomic mass is 9.84. The van der Waals surface area contributed by atoms with Crippen LogP contribution in [-0.2, 0) is 0 Å². The minimum atomic E-state index is 0.620. The van der Waals surface area contributed by atoms with Gasteiger partial charge in [-0.05, 0) is 18.8 Å². The van der Waals surface area contributed by atoms with E-state index in [9.17, 15) is 0 Å². The number of hydrogen-bond acceptors (Lipinski definition) is 0. The quantitative estimate of drug-likeness (QED) is 0.448. The molecule has 2 unspecified atom stereocenters. The van der Waals surface area contributed by atoms with E-state index in [0.29, 0.717) is 3.42 Å². The van der Waals surface area contributed by atoms with Gasteiger partial charge in [0, 0.05) is 3.42 Å². The topological polar surface area (TPSA) is 0 Å². The first-order chi connectivity index (χ1) is 4.10. The maximum atomic E-state index is 2.61. The van der Waals surface area contributed by atoms with Crippen molar-refractivity contribution in [2.75, 3.05) is 0 Å². The lowest BCUT2D eigenvalue weighted by molar-refractivity contribution is 0.342. The molecule has 1 aliphatic rings. The molecule has 1 fully saturated rings. The van der Waals surface area contributed by atoms with Crippen molar-refractivity contribution in [3.63, 3.8) is 0 Å². The molecule has 0 heterocycles. The summed E-state index contributed by atoms with van der Waals surface area (Å²) in [6.07, 6.45) is 5.75. The largest absolute Gasteiger partial charge is 0.0792 e. The van der Waals surface area contributed by atoms with Crippen molar-refractivity contribution < 1.29 is 0 Å². The van der Waals surface area contributed by atoms with Crippen LogP contribution >= 0.6 is 22.6 Å². The Kier molecular flexibility index (Phi) is 2.41. The molecule has 0 saturated heterocycles. The average molecular weight is 238 g/mol. The van der Waals surface area contributed by atoms with Crippen LogP contribution in [0.25, 0.3) is 0 Å². The molecule has 1 rings (SSSR count). The second-order valence-corrected chi connectivity index (χ2v) is 6.22. The smallest absolute Gasteiger partial charge is 0.0196 e. The second-order valence-electron chi connectivity index (χ2n) is 3.61. The maximum absolute atomic E-state index is 2.61. The van der Waals surface area contributed by atoms with Gasteiger partial charge in [-0.1, -0.05) is 49.3 Å². The summed E-state index contributed by atoms with van der Waals surface area (Å²) in [7, 11) is 0. The SMILES string of the molecule is CC1CCCC(C)(I)C1. The van der Waals surface area contributed by atoms with Crippen molar-refractivity contribution in [2.24, 2.45) is 5.92 Å². The summed E-state index contributed by atoms with van der Waals surface area (Å²) in [4.78, 5) is 0. The average Bonchev–Trinajstić information content (AvgIpc) is 1.60. The highest BCUT2D eigenvalue weighted by atomic mass is 127. The highest BCUT2D eigenvalue weighted by molar-refractivity contribution is 14.1. The number of rotatable bonds is 0. The van der Waals surface area contributed by atoms with Gasteiger partial charge in [-0.3, -0.25) is 0 Å². The summed E-state index contributed by atoms with van der Waals surface area (Å²) in [5.41, 5.74) is 0. The van der Waals surface area contributed by atoms with Crippen LogP contribution in [0.3, 0.4) is 0 Å². The molecule has 9 heavy (non-hydrogen) atoms. The first-order valence-corrected chi connectivity index (χ1v) is 4.87. The molecule has 0 spiro atoms. The van der Waals surface area contributed by atoms with Gasteiger partial charge in [0.05, 0.1) is 0 Å². The molecule has 1 heteroatoms. The Morgan fingerprint density at radius 3 is 2.56 bits per heavy atom. The van der Waals surface area contributed by atoms with Crippen molar-refractivity contribution >= 4 is 22.6 Å². The third-order valence-electron chi connectivity index (χ3n) is 2.17. The van der Waals surface area contributed by atoms with E-state index < -0.39 is 0 Å². The van der Waals surface area contributed by atoms with E-state index in [0.717, 1.165) is 5.92 Å². The Bertz CT molecular complexity index is 96.7. The summed E-state index contributed by atoms with van der Waals surface area (Å²) >= 11 is 2.61. The Hall–Kier alpha value is 0.730. The summed E-state index contributed by atoms with van der Waals surface area (Å²) in [6.45, 7) is 4.75. The molecule has 0 radical (unpaired) electrons. The molecule has 0 aromatic carbocycles. The van der Waals surface area contributed by atoms with Crippen LogP contribution in [0.5, 0.6) is 0 Å². The fraction of sp³-hybridized carbons (Fsp3) is 1.00. The predicted molar refractivity (Wildman–Crippen MR) is 50.1 cm³/mol. The fourth-order valence-electron chi connectivity index (χ4n) is 1.75. The molecule has 0 aliphatic heterocycles. The molecular weight excluding hydrogens is 223 g/mol. The van der Waals surface area contributed by atoms with Gasteiger partial charge in [0.2, 0.25) is 0 Å². The Morgan fingerprint density at radius 2 is 2.22 bits per heavy atom.